The number of carboxylic acids is 1. The van der Waals surface area contributed by atoms with E-state index in [4.69, 9.17) is 9.47 Å². The molecule has 1 N–H and O–H groups in total. The van der Waals surface area contributed by atoms with E-state index in [1.54, 1.807) is 26.4 Å². The molecular formula is C17H17BrNO4-. The lowest BCUT2D eigenvalue weighted by Crippen LogP contribution is -2.22. The van der Waals surface area contributed by atoms with Gasteiger partial charge in [0.1, 0.15) is 0 Å². The molecule has 6 heteroatoms. The maximum atomic E-state index is 11.0. The highest BCUT2D eigenvalue weighted by Crippen LogP contribution is 2.36. The number of benzene rings is 2. The van der Waals surface area contributed by atoms with E-state index in [1.807, 2.05) is 19.1 Å². The highest BCUT2D eigenvalue weighted by Gasteiger charge is 2.10. The Morgan fingerprint density at radius 3 is 2.57 bits per heavy atom. The summed E-state index contributed by atoms with van der Waals surface area (Å²) in [6, 6.07) is 8.64. The molecule has 0 spiro atoms. The number of carboxylic acid groups (broad SMARTS) is 1. The summed E-state index contributed by atoms with van der Waals surface area (Å²) in [5.74, 6) is 0.0622. The summed E-state index contributed by atoms with van der Waals surface area (Å²) in [5, 5.41) is 14.2. The summed E-state index contributed by atoms with van der Waals surface area (Å²) in [7, 11) is 3.16. The predicted molar refractivity (Wildman–Crippen MR) is 90.1 cm³/mol. The molecule has 23 heavy (non-hydrogen) atoms. The van der Waals surface area contributed by atoms with Gasteiger partial charge in [-0.2, -0.15) is 0 Å². The Morgan fingerprint density at radius 1 is 1.22 bits per heavy atom. The lowest BCUT2D eigenvalue weighted by molar-refractivity contribution is -0.255. The number of aryl methyl sites for hydroxylation is 1. The van der Waals surface area contributed by atoms with Gasteiger partial charge in [-0.3, -0.25) is 0 Å². The van der Waals surface area contributed by atoms with Gasteiger partial charge in [0, 0.05) is 12.2 Å². The number of halogens is 1. The molecule has 0 aromatic heterocycles. The van der Waals surface area contributed by atoms with Crippen molar-refractivity contribution in [1.29, 1.82) is 0 Å². The molecule has 122 valence electrons. The standard InChI is InChI=1S/C17H18BrNO4/c1-10-4-5-12(17(20)21)8-14(10)19-9-11-6-13(18)16(23-3)15(7-11)22-2/h4-8,19H,9H2,1-3H3,(H,20,21)/p-1. The molecular weight excluding hydrogens is 362 g/mol. The first-order chi connectivity index (χ1) is 11.0. The van der Waals surface area contributed by atoms with Crippen molar-refractivity contribution in [3.05, 3.63) is 51.5 Å². The molecule has 0 atom stereocenters. The van der Waals surface area contributed by atoms with Crippen LogP contribution in [0.5, 0.6) is 11.5 Å². The van der Waals surface area contributed by atoms with Crippen molar-refractivity contribution in [2.45, 2.75) is 13.5 Å². The Hall–Kier alpha value is -2.21. The minimum Gasteiger partial charge on any atom is -0.545 e. The fourth-order valence-electron chi connectivity index (χ4n) is 2.21. The maximum absolute atomic E-state index is 11.0. The van der Waals surface area contributed by atoms with Gasteiger partial charge in [0.15, 0.2) is 11.5 Å². The fourth-order valence-corrected chi connectivity index (χ4v) is 2.86. The van der Waals surface area contributed by atoms with E-state index in [1.165, 1.54) is 6.07 Å². The van der Waals surface area contributed by atoms with Crippen LogP contribution in [0, 0.1) is 6.92 Å². The van der Waals surface area contributed by atoms with E-state index in [0.29, 0.717) is 18.0 Å². The van der Waals surface area contributed by atoms with Gasteiger partial charge in [-0.25, -0.2) is 0 Å². The molecule has 0 saturated heterocycles. The molecule has 2 rings (SSSR count). The zero-order chi connectivity index (χ0) is 17.0. The van der Waals surface area contributed by atoms with E-state index in [2.05, 4.69) is 21.2 Å². The van der Waals surface area contributed by atoms with Crippen LogP contribution in [-0.2, 0) is 6.54 Å². The molecule has 0 amide bonds. The lowest BCUT2D eigenvalue weighted by atomic mass is 10.1. The van der Waals surface area contributed by atoms with Crippen molar-refractivity contribution >= 4 is 27.6 Å². The third-order valence-electron chi connectivity index (χ3n) is 3.45. The molecule has 0 unspecified atom stereocenters. The second kappa shape index (κ2) is 7.37. The van der Waals surface area contributed by atoms with Crippen LogP contribution in [-0.4, -0.2) is 20.2 Å². The van der Waals surface area contributed by atoms with Gasteiger partial charge in [-0.15, -0.1) is 0 Å². The van der Waals surface area contributed by atoms with Crippen LogP contribution >= 0.6 is 15.9 Å². The van der Waals surface area contributed by atoms with E-state index in [0.717, 1.165) is 21.3 Å². The van der Waals surface area contributed by atoms with Crippen molar-refractivity contribution in [2.75, 3.05) is 19.5 Å². The zero-order valence-corrected chi connectivity index (χ0v) is 14.7. The molecule has 0 radical (unpaired) electrons. The SMILES string of the molecule is COc1cc(CNc2cc(C(=O)[O-])ccc2C)cc(Br)c1OC. The monoisotopic (exact) mass is 378 g/mol. The highest BCUT2D eigenvalue weighted by molar-refractivity contribution is 9.10. The van der Waals surface area contributed by atoms with Crippen molar-refractivity contribution in [2.24, 2.45) is 0 Å². The molecule has 0 heterocycles. The molecule has 2 aromatic rings. The van der Waals surface area contributed by atoms with Gasteiger partial charge in [0.05, 0.1) is 24.7 Å². The third-order valence-corrected chi connectivity index (χ3v) is 4.04. The number of aromatic carboxylic acids is 1. The van der Waals surface area contributed by atoms with Crippen LogP contribution in [0.25, 0.3) is 0 Å². The average molecular weight is 379 g/mol. The number of nitrogens with one attached hydrogen (secondary N) is 1. The predicted octanol–water partition coefficient (Wildman–Crippen LogP) is 2.75. The normalized spacial score (nSPS) is 10.3. The smallest absolute Gasteiger partial charge is 0.174 e. The zero-order valence-electron chi connectivity index (χ0n) is 13.1. The summed E-state index contributed by atoms with van der Waals surface area (Å²) in [6.45, 7) is 2.42. The Morgan fingerprint density at radius 2 is 1.96 bits per heavy atom. The molecule has 0 aliphatic carbocycles. The quantitative estimate of drug-likeness (QED) is 0.836. The number of hydrogen-bond donors (Lipinski definition) is 1. The van der Waals surface area contributed by atoms with E-state index >= 15 is 0 Å². The minimum atomic E-state index is -1.19. The number of anilines is 1. The molecule has 5 nitrogen and oxygen atoms in total. The maximum Gasteiger partial charge on any atom is 0.174 e. The van der Waals surface area contributed by atoms with Gasteiger partial charge in [-0.05, 0) is 57.7 Å². The van der Waals surface area contributed by atoms with Crippen LogP contribution in [0.15, 0.2) is 34.8 Å². The van der Waals surface area contributed by atoms with Gasteiger partial charge >= 0.3 is 0 Å². The van der Waals surface area contributed by atoms with Crippen LogP contribution < -0.4 is 19.9 Å². The first-order valence-corrected chi connectivity index (χ1v) is 7.71. The van der Waals surface area contributed by atoms with Gasteiger partial charge in [0.25, 0.3) is 0 Å². The number of carbonyl (C=O) groups is 1. The largest absolute Gasteiger partial charge is 0.545 e. The number of carbonyl (C=O) groups excluding carboxylic acids is 1. The Balaban J connectivity index is 2.23. The Labute approximate surface area is 143 Å². The summed E-state index contributed by atoms with van der Waals surface area (Å²) in [6.07, 6.45) is 0. The number of hydrogen-bond acceptors (Lipinski definition) is 5. The van der Waals surface area contributed by atoms with Crippen molar-refractivity contribution < 1.29 is 19.4 Å². The topological polar surface area (TPSA) is 70.6 Å². The van der Waals surface area contributed by atoms with Crippen LogP contribution in [0.4, 0.5) is 5.69 Å². The van der Waals surface area contributed by atoms with Crippen LogP contribution in [0.2, 0.25) is 0 Å². The minimum absolute atomic E-state index is 0.145. The van der Waals surface area contributed by atoms with Gasteiger partial charge in [0.2, 0.25) is 0 Å². The molecule has 2 aromatic carbocycles. The van der Waals surface area contributed by atoms with Crippen LogP contribution in [0.3, 0.4) is 0 Å². The van der Waals surface area contributed by atoms with E-state index < -0.39 is 5.97 Å². The number of ether oxygens (including phenoxy) is 2. The third kappa shape index (κ3) is 3.96. The second-order valence-corrected chi connectivity index (χ2v) is 5.84. The molecule has 0 bridgehead atoms. The summed E-state index contributed by atoms with van der Waals surface area (Å²) >= 11 is 3.45. The highest BCUT2D eigenvalue weighted by atomic mass is 79.9. The van der Waals surface area contributed by atoms with E-state index in [-0.39, 0.29) is 5.56 Å². The molecule has 0 saturated carbocycles. The number of rotatable bonds is 6. The van der Waals surface area contributed by atoms with Crippen molar-refractivity contribution in [3.63, 3.8) is 0 Å². The van der Waals surface area contributed by atoms with Crippen molar-refractivity contribution in [3.8, 4) is 11.5 Å². The summed E-state index contributed by atoms with van der Waals surface area (Å²) in [5.41, 5.74) is 2.81. The lowest BCUT2D eigenvalue weighted by Gasteiger charge is -2.15. The molecule has 0 fully saturated rings. The average Bonchev–Trinajstić information content (AvgIpc) is 2.53. The fraction of sp³-hybridized carbons (Fsp3) is 0.235. The first-order valence-electron chi connectivity index (χ1n) is 6.92. The van der Waals surface area contributed by atoms with Crippen LogP contribution in [0.1, 0.15) is 21.5 Å². The second-order valence-electron chi connectivity index (χ2n) is 4.98. The summed E-state index contributed by atoms with van der Waals surface area (Å²) in [4.78, 5) is 11.0. The first kappa shape index (κ1) is 17.1. The van der Waals surface area contributed by atoms with E-state index in [9.17, 15) is 9.90 Å². The van der Waals surface area contributed by atoms with Gasteiger partial charge in [-0.1, -0.05) is 12.1 Å². The van der Waals surface area contributed by atoms with Gasteiger partial charge < -0.3 is 24.7 Å². The Kier molecular flexibility index (Phi) is 5.50. The number of methoxy groups -OCH3 is 2. The van der Waals surface area contributed by atoms with Crippen molar-refractivity contribution in [1.82, 2.24) is 0 Å². The molecule has 0 aliphatic heterocycles. The molecule has 0 aliphatic rings. The Bertz CT molecular complexity index is 731. The summed E-state index contributed by atoms with van der Waals surface area (Å²) < 4.78 is 11.4.